The maximum absolute atomic E-state index is 13.0. The minimum absolute atomic E-state index is 0.241. The van der Waals surface area contributed by atoms with Crippen LogP contribution < -0.4 is 5.56 Å². The zero-order chi connectivity index (χ0) is 13.1. The Labute approximate surface area is 101 Å². The molecule has 0 aliphatic rings. The van der Waals surface area contributed by atoms with E-state index >= 15 is 0 Å². The highest BCUT2D eigenvalue weighted by atomic mass is 19.1. The molecule has 1 N–H and O–H groups in total. The van der Waals surface area contributed by atoms with Gasteiger partial charge in [0, 0.05) is 12.7 Å². The maximum atomic E-state index is 13.0. The van der Waals surface area contributed by atoms with Crippen LogP contribution in [0.25, 0.3) is 0 Å². The van der Waals surface area contributed by atoms with Crippen LogP contribution in [0.2, 0.25) is 0 Å². The molecule has 0 aliphatic carbocycles. The molecule has 0 amide bonds. The zero-order valence-corrected chi connectivity index (χ0v) is 9.21. The lowest BCUT2D eigenvalue weighted by atomic mass is 10.2. The summed E-state index contributed by atoms with van der Waals surface area (Å²) in [6, 6.07) is 5.90. The molecule has 0 aliphatic heterocycles. The largest absolute Gasteiger partial charge is 0.477 e. The van der Waals surface area contributed by atoms with Crippen molar-refractivity contribution in [1.82, 2.24) is 9.55 Å². The average Bonchev–Trinajstić information content (AvgIpc) is 2.31. The average molecular weight is 248 g/mol. The van der Waals surface area contributed by atoms with Crippen molar-refractivity contribution in [2.45, 2.75) is 6.54 Å². The number of hydrogen-bond donors (Lipinski definition) is 1. The van der Waals surface area contributed by atoms with E-state index in [-0.39, 0.29) is 12.4 Å². The standard InChI is InChI=1S/C12H9FN2O3/c13-9-3-1-2-8(4-9)5-15-6-10(12(17)18)11(16)14-7-15/h1-4,6-7H,5H2,(H,17,18). The Balaban J connectivity index is 2.33. The van der Waals surface area contributed by atoms with Gasteiger partial charge in [-0.2, -0.15) is 4.98 Å². The van der Waals surface area contributed by atoms with Crippen molar-refractivity contribution in [3.8, 4) is 0 Å². The van der Waals surface area contributed by atoms with Crippen molar-refractivity contribution >= 4 is 5.97 Å². The molecule has 0 fully saturated rings. The van der Waals surface area contributed by atoms with E-state index in [1.54, 1.807) is 12.1 Å². The molecule has 0 spiro atoms. The van der Waals surface area contributed by atoms with Crippen LogP contribution in [0.4, 0.5) is 4.39 Å². The summed E-state index contributed by atoms with van der Waals surface area (Å²) >= 11 is 0. The Bertz CT molecular complexity index is 652. The third kappa shape index (κ3) is 2.60. The lowest BCUT2D eigenvalue weighted by Gasteiger charge is -2.06. The monoisotopic (exact) mass is 248 g/mol. The first kappa shape index (κ1) is 12.0. The number of aromatic nitrogens is 2. The van der Waals surface area contributed by atoms with Gasteiger partial charge in [-0.25, -0.2) is 9.18 Å². The molecule has 92 valence electrons. The van der Waals surface area contributed by atoms with E-state index in [0.717, 1.165) is 0 Å². The number of hydrogen-bond acceptors (Lipinski definition) is 3. The second-order valence-electron chi connectivity index (χ2n) is 3.70. The zero-order valence-electron chi connectivity index (χ0n) is 9.21. The molecule has 0 unspecified atom stereocenters. The Hall–Kier alpha value is -2.50. The summed E-state index contributed by atoms with van der Waals surface area (Å²) in [6.07, 6.45) is 2.41. The van der Waals surface area contributed by atoms with Gasteiger partial charge in [-0.15, -0.1) is 0 Å². The van der Waals surface area contributed by atoms with E-state index in [1.807, 2.05) is 0 Å². The van der Waals surface area contributed by atoms with Gasteiger partial charge < -0.3 is 9.67 Å². The van der Waals surface area contributed by atoms with Crippen LogP contribution in [-0.4, -0.2) is 20.6 Å². The number of aromatic carboxylic acids is 1. The summed E-state index contributed by atoms with van der Waals surface area (Å²) in [5.74, 6) is -1.71. The second-order valence-corrected chi connectivity index (χ2v) is 3.70. The van der Waals surface area contributed by atoms with Crippen molar-refractivity contribution in [1.29, 1.82) is 0 Å². The van der Waals surface area contributed by atoms with Crippen molar-refractivity contribution < 1.29 is 14.3 Å². The lowest BCUT2D eigenvalue weighted by Crippen LogP contribution is -2.20. The summed E-state index contributed by atoms with van der Waals surface area (Å²) in [7, 11) is 0. The predicted octanol–water partition coefficient (Wildman–Crippen LogP) is 1.13. The number of benzene rings is 1. The molecule has 1 aromatic heterocycles. The normalized spacial score (nSPS) is 10.3. The quantitative estimate of drug-likeness (QED) is 0.883. The Morgan fingerprint density at radius 2 is 2.22 bits per heavy atom. The van der Waals surface area contributed by atoms with Crippen molar-refractivity contribution in [2.24, 2.45) is 0 Å². The summed E-state index contributed by atoms with van der Waals surface area (Å²) < 4.78 is 14.4. The number of carbonyl (C=O) groups is 1. The SMILES string of the molecule is O=C(O)c1cn(Cc2cccc(F)c2)cnc1=O. The van der Waals surface area contributed by atoms with Gasteiger partial charge in [0.1, 0.15) is 11.4 Å². The first-order chi connectivity index (χ1) is 8.56. The first-order valence-corrected chi connectivity index (χ1v) is 5.10. The third-order valence-corrected chi connectivity index (χ3v) is 2.33. The second kappa shape index (κ2) is 4.79. The summed E-state index contributed by atoms with van der Waals surface area (Å²) in [4.78, 5) is 25.4. The number of halogens is 1. The van der Waals surface area contributed by atoms with E-state index in [0.29, 0.717) is 5.56 Å². The van der Waals surface area contributed by atoms with Crippen molar-refractivity contribution in [3.63, 3.8) is 0 Å². The van der Waals surface area contributed by atoms with Crippen LogP contribution in [-0.2, 0) is 6.54 Å². The maximum Gasteiger partial charge on any atom is 0.342 e. The van der Waals surface area contributed by atoms with Gasteiger partial charge in [-0.1, -0.05) is 12.1 Å². The Kier molecular flexibility index (Phi) is 3.18. The fourth-order valence-electron chi connectivity index (χ4n) is 1.53. The van der Waals surface area contributed by atoms with Gasteiger partial charge >= 0.3 is 5.97 Å². The van der Waals surface area contributed by atoms with Crippen LogP contribution in [0.3, 0.4) is 0 Å². The van der Waals surface area contributed by atoms with E-state index in [4.69, 9.17) is 5.11 Å². The van der Waals surface area contributed by atoms with Crippen molar-refractivity contribution in [2.75, 3.05) is 0 Å². The van der Waals surface area contributed by atoms with Gasteiger partial charge in [0.2, 0.25) is 0 Å². The van der Waals surface area contributed by atoms with E-state index in [2.05, 4.69) is 4.98 Å². The molecule has 2 rings (SSSR count). The van der Waals surface area contributed by atoms with Crippen LogP contribution in [0.1, 0.15) is 15.9 Å². The van der Waals surface area contributed by atoms with Gasteiger partial charge in [-0.3, -0.25) is 4.79 Å². The third-order valence-electron chi connectivity index (χ3n) is 2.33. The highest BCUT2D eigenvalue weighted by Gasteiger charge is 2.09. The molecule has 0 saturated carbocycles. The summed E-state index contributed by atoms with van der Waals surface area (Å²) in [5, 5.41) is 8.79. The minimum Gasteiger partial charge on any atom is -0.477 e. The predicted molar refractivity (Wildman–Crippen MR) is 61.0 cm³/mol. The molecule has 0 bridgehead atoms. The van der Waals surface area contributed by atoms with E-state index in [1.165, 1.54) is 29.2 Å². The molecule has 0 saturated heterocycles. The van der Waals surface area contributed by atoms with Gasteiger partial charge in [0.15, 0.2) is 0 Å². The van der Waals surface area contributed by atoms with Crippen molar-refractivity contribution in [3.05, 3.63) is 64.1 Å². The molecule has 18 heavy (non-hydrogen) atoms. The molecular formula is C12H9FN2O3. The molecule has 1 heterocycles. The fraction of sp³-hybridized carbons (Fsp3) is 0.0833. The van der Waals surface area contributed by atoms with Gasteiger partial charge in [0.05, 0.1) is 6.33 Å². The van der Waals surface area contributed by atoms with E-state index in [9.17, 15) is 14.0 Å². The van der Waals surface area contributed by atoms with Crippen LogP contribution in [0.15, 0.2) is 41.6 Å². The highest BCUT2D eigenvalue weighted by molar-refractivity contribution is 5.86. The first-order valence-electron chi connectivity index (χ1n) is 5.10. The van der Waals surface area contributed by atoms with Gasteiger partial charge in [-0.05, 0) is 17.7 Å². The smallest absolute Gasteiger partial charge is 0.342 e. The molecular weight excluding hydrogens is 239 g/mol. The molecule has 1 aromatic carbocycles. The van der Waals surface area contributed by atoms with E-state index < -0.39 is 17.1 Å². The molecule has 5 nitrogen and oxygen atoms in total. The highest BCUT2D eigenvalue weighted by Crippen LogP contribution is 2.05. The molecule has 6 heteroatoms. The topological polar surface area (TPSA) is 72.2 Å². The Morgan fingerprint density at radius 3 is 2.89 bits per heavy atom. The summed E-state index contributed by atoms with van der Waals surface area (Å²) in [6.45, 7) is 0.241. The lowest BCUT2D eigenvalue weighted by molar-refractivity contribution is 0.0694. The number of nitrogens with zero attached hydrogens (tertiary/aromatic N) is 2. The molecule has 0 radical (unpaired) electrons. The van der Waals surface area contributed by atoms with Gasteiger partial charge in [0.25, 0.3) is 5.56 Å². The molecule has 0 atom stereocenters. The van der Waals surface area contributed by atoms with Crippen LogP contribution in [0.5, 0.6) is 0 Å². The minimum atomic E-state index is -1.33. The Morgan fingerprint density at radius 1 is 1.44 bits per heavy atom. The fourth-order valence-corrected chi connectivity index (χ4v) is 1.53. The van der Waals surface area contributed by atoms with Crippen LogP contribution >= 0.6 is 0 Å². The molecule has 2 aromatic rings. The number of carboxylic acids is 1. The summed E-state index contributed by atoms with van der Waals surface area (Å²) in [5.41, 5.74) is -0.552. The number of carboxylic acid groups (broad SMARTS) is 1. The van der Waals surface area contributed by atoms with Crippen LogP contribution in [0, 0.1) is 5.82 Å². The number of rotatable bonds is 3.